The van der Waals surface area contributed by atoms with Gasteiger partial charge in [-0.25, -0.2) is 22.3 Å². The van der Waals surface area contributed by atoms with Gasteiger partial charge in [0.1, 0.15) is 10.7 Å². The minimum atomic E-state index is -3.95. The van der Waals surface area contributed by atoms with Crippen molar-refractivity contribution < 1.29 is 22.7 Å². The first kappa shape index (κ1) is 14.9. The van der Waals surface area contributed by atoms with Gasteiger partial charge in [-0.15, -0.1) is 0 Å². The molecule has 1 saturated carbocycles. The first-order valence-electron chi connectivity index (χ1n) is 6.34. The molecule has 0 bridgehead atoms. The molecule has 1 aliphatic rings. The fourth-order valence-electron chi connectivity index (χ4n) is 2.00. The molecule has 0 saturated heterocycles. The molecule has 1 atom stereocenters. The van der Waals surface area contributed by atoms with E-state index in [9.17, 15) is 17.6 Å². The third-order valence-electron chi connectivity index (χ3n) is 3.49. The third-order valence-corrected chi connectivity index (χ3v) is 4.95. The maximum atomic E-state index is 13.7. The fraction of sp³-hybridized carbons (Fsp3) is 0.462. The van der Waals surface area contributed by atoms with E-state index in [4.69, 9.17) is 5.11 Å². The number of carbonyl (C=O) groups is 1. The number of carboxylic acid groups (broad SMARTS) is 1. The van der Waals surface area contributed by atoms with Crippen LogP contribution in [0, 0.1) is 17.7 Å². The average molecular weight is 301 g/mol. The molecule has 1 unspecified atom stereocenters. The molecule has 0 aliphatic heterocycles. The lowest BCUT2D eigenvalue weighted by atomic mass is 10.1. The van der Waals surface area contributed by atoms with Crippen LogP contribution in [-0.4, -0.2) is 26.0 Å². The highest BCUT2D eigenvalue weighted by Gasteiger charge is 2.29. The van der Waals surface area contributed by atoms with Gasteiger partial charge in [0, 0.05) is 6.54 Å². The van der Waals surface area contributed by atoms with Gasteiger partial charge in [0.25, 0.3) is 0 Å². The Morgan fingerprint density at radius 2 is 2.15 bits per heavy atom. The van der Waals surface area contributed by atoms with Gasteiger partial charge >= 0.3 is 5.97 Å². The Kier molecular flexibility index (Phi) is 4.10. The molecule has 1 aromatic rings. The number of carboxylic acids is 1. The largest absolute Gasteiger partial charge is 0.478 e. The smallest absolute Gasteiger partial charge is 0.335 e. The van der Waals surface area contributed by atoms with Crippen LogP contribution in [0.25, 0.3) is 0 Å². The zero-order valence-corrected chi connectivity index (χ0v) is 11.8. The van der Waals surface area contributed by atoms with E-state index in [1.165, 1.54) is 0 Å². The summed E-state index contributed by atoms with van der Waals surface area (Å²) in [6.07, 6.45) is 2.20. The van der Waals surface area contributed by atoms with Crippen molar-refractivity contribution in [2.75, 3.05) is 6.54 Å². The Bertz CT molecular complexity index is 625. The van der Waals surface area contributed by atoms with Crippen molar-refractivity contribution >= 4 is 16.0 Å². The normalized spacial score (nSPS) is 16.9. The van der Waals surface area contributed by atoms with Gasteiger partial charge in [0.2, 0.25) is 10.0 Å². The number of nitrogens with one attached hydrogen (secondary N) is 1. The van der Waals surface area contributed by atoms with E-state index in [2.05, 4.69) is 4.72 Å². The van der Waals surface area contributed by atoms with Crippen LogP contribution in [0.1, 0.15) is 30.1 Å². The topological polar surface area (TPSA) is 83.5 Å². The minimum Gasteiger partial charge on any atom is -0.478 e. The van der Waals surface area contributed by atoms with Crippen LogP contribution in [-0.2, 0) is 10.0 Å². The molecule has 5 nitrogen and oxygen atoms in total. The van der Waals surface area contributed by atoms with Crippen LogP contribution < -0.4 is 4.72 Å². The number of aromatic carboxylic acids is 1. The van der Waals surface area contributed by atoms with Crippen LogP contribution in [0.2, 0.25) is 0 Å². The average Bonchev–Trinajstić information content (AvgIpc) is 3.19. The van der Waals surface area contributed by atoms with Gasteiger partial charge in [0.15, 0.2) is 0 Å². The zero-order chi connectivity index (χ0) is 14.9. The van der Waals surface area contributed by atoms with Crippen LogP contribution >= 0.6 is 0 Å². The lowest BCUT2D eigenvalue weighted by molar-refractivity contribution is 0.0696. The summed E-state index contributed by atoms with van der Waals surface area (Å²) in [5, 5.41) is 8.72. The molecule has 0 radical (unpaired) electrons. The Labute approximate surface area is 116 Å². The highest BCUT2D eigenvalue weighted by molar-refractivity contribution is 7.89. The molecular weight excluding hydrogens is 285 g/mol. The monoisotopic (exact) mass is 301 g/mol. The highest BCUT2D eigenvalue weighted by Crippen LogP contribution is 2.36. The second kappa shape index (κ2) is 5.49. The molecule has 0 amide bonds. The maximum absolute atomic E-state index is 13.7. The Morgan fingerprint density at radius 1 is 1.50 bits per heavy atom. The molecule has 0 spiro atoms. The molecule has 7 heteroatoms. The number of sulfonamides is 1. The molecule has 110 valence electrons. The number of hydrogen-bond donors (Lipinski definition) is 2. The van der Waals surface area contributed by atoms with Crippen molar-refractivity contribution in [1.82, 2.24) is 4.72 Å². The third kappa shape index (κ3) is 3.34. The summed E-state index contributed by atoms with van der Waals surface area (Å²) in [6, 6.07) is 2.76. The van der Waals surface area contributed by atoms with Crippen molar-refractivity contribution in [3.05, 3.63) is 29.6 Å². The molecule has 0 aromatic heterocycles. The SMILES string of the molecule is CC(CNS(=O)(=O)c1ccc(C(=O)O)cc1F)C1CC1. The van der Waals surface area contributed by atoms with Gasteiger partial charge < -0.3 is 5.11 Å². The maximum Gasteiger partial charge on any atom is 0.335 e. The fourth-order valence-corrected chi connectivity index (χ4v) is 3.20. The van der Waals surface area contributed by atoms with Gasteiger partial charge in [-0.05, 0) is 42.9 Å². The Hall–Kier alpha value is -1.47. The lowest BCUT2D eigenvalue weighted by Crippen LogP contribution is -2.29. The van der Waals surface area contributed by atoms with Crippen LogP contribution in [0.5, 0.6) is 0 Å². The van der Waals surface area contributed by atoms with Crippen molar-refractivity contribution in [2.45, 2.75) is 24.7 Å². The number of benzene rings is 1. The summed E-state index contributed by atoms with van der Waals surface area (Å²) in [7, 11) is -3.95. The summed E-state index contributed by atoms with van der Waals surface area (Å²) in [5.74, 6) is -1.61. The van der Waals surface area contributed by atoms with Crippen molar-refractivity contribution in [2.24, 2.45) is 11.8 Å². The van der Waals surface area contributed by atoms with E-state index in [0.717, 1.165) is 25.0 Å². The van der Waals surface area contributed by atoms with E-state index >= 15 is 0 Å². The summed E-state index contributed by atoms with van der Waals surface area (Å²) in [4.78, 5) is 10.2. The van der Waals surface area contributed by atoms with E-state index < -0.39 is 26.7 Å². The minimum absolute atomic E-state index is 0.214. The van der Waals surface area contributed by atoms with Gasteiger partial charge in [0.05, 0.1) is 5.56 Å². The van der Waals surface area contributed by atoms with Gasteiger partial charge in [-0.1, -0.05) is 6.92 Å². The van der Waals surface area contributed by atoms with E-state index in [-0.39, 0.29) is 18.0 Å². The quantitative estimate of drug-likeness (QED) is 0.840. The summed E-state index contributed by atoms with van der Waals surface area (Å²) in [5.41, 5.74) is -0.284. The van der Waals surface area contributed by atoms with E-state index in [0.29, 0.717) is 12.0 Å². The van der Waals surface area contributed by atoms with Crippen LogP contribution in [0.4, 0.5) is 4.39 Å². The van der Waals surface area contributed by atoms with Crippen molar-refractivity contribution in [1.29, 1.82) is 0 Å². The number of rotatable bonds is 6. The molecule has 2 N–H and O–H groups in total. The number of halogens is 1. The Balaban J connectivity index is 2.14. The standard InChI is InChI=1S/C13H16FNO4S/c1-8(9-2-3-9)7-15-20(18,19)12-5-4-10(13(16)17)6-11(12)14/h4-6,8-9,15H,2-3,7H2,1H3,(H,16,17). The van der Waals surface area contributed by atoms with Crippen molar-refractivity contribution in [3.63, 3.8) is 0 Å². The van der Waals surface area contributed by atoms with E-state index in [1.807, 2.05) is 6.92 Å². The predicted octanol–water partition coefficient (Wildman–Crippen LogP) is 1.85. The molecule has 20 heavy (non-hydrogen) atoms. The van der Waals surface area contributed by atoms with Gasteiger partial charge in [-0.3, -0.25) is 0 Å². The molecule has 1 aromatic carbocycles. The van der Waals surface area contributed by atoms with Gasteiger partial charge in [-0.2, -0.15) is 0 Å². The number of hydrogen-bond acceptors (Lipinski definition) is 3. The lowest BCUT2D eigenvalue weighted by Gasteiger charge is -2.12. The first-order valence-corrected chi connectivity index (χ1v) is 7.82. The molecular formula is C13H16FNO4S. The summed E-state index contributed by atoms with van der Waals surface area (Å²) in [6.45, 7) is 2.21. The second-order valence-electron chi connectivity index (χ2n) is 5.12. The van der Waals surface area contributed by atoms with Crippen LogP contribution in [0.15, 0.2) is 23.1 Å². The second-order valence-corrected chi connectivity index (χ2v) is 6.85. The van der Waals surface area contributed by atoms with Crippen LogP contribution in [0.3, 0.4) is 0 Å². The summed E-state index contributed by atoms with van der Waals surface area (Å²) >= 11 is 0. The first-order chi connectivity index (χ1) is 9.31. The Morgan fingerprint density at radius 3 is 2.65 bits per heavy atom. The zero-order valence-electron chi connectivity index (χ0n) is 11.0. The van der Waals surface area contributed by atoms with E-state index in [1.54, 1.807) is 0 Å². The molecule has 0 heterocycles. The predicted molar refractivity (Wildman–Crippen MR) is 70.4 cm³/mol. The molecule has 1 fully saturated rings. The highest BCUT2D eigenvalue weighted by atomic mass is 32.2. The molecule has 2 rings (SSSR count). The molecule has 1 aliphatic carbocycles. The summed E-state index contributed by atoms with van der Waals surface area (Å²) < 4.78 is 40.1. The van der Waals surface area contributed by atoms with Crippen molar-refractivity contribution in [3.8, 4) is 0 Å².